The van der Waals surface area contributed by atoms with Crippen LogP contribution in [0.15, 0.2) is 59.6 Å². The molecule has 0 saturated carbocycles. The number of benzene rings is 2. The highest BCUT2D eigenvalue weighted by Crippen LogP contribution is 2.39. The largest absolute Gasteiger partial charge is 0.398 e. The number of hydrogen-bond donors (Lipinski definition) is 2. The van der Waals surface area contributed by atoms with Crippen molar-refractivity contribution in [3.05, 3.63) is 70.3 Å². The molecule has 7 nitrogen and oxygen atoms in total. The molecule has 4 N–H and O–H groups in total. The van der Waals surface area contributed by atoms with Crippen molar-refractivity contribution < 1.29 is 13.2 Å². The average molecular weight is 473 g/mol. The summed E-state index contributed by atoms with van der Waals surface area (Å²) < 4.78 is 27.4. The molecule has 0 bridgehead atoms. The second-order valence-electron chi connectivity index (χ2n) is 6.86. The van der Waals surface area contributed by atoms with Crippen molar-refractivity contribution in [2.45, 2.75) is 17.2 Å². The lowest BCUT2D eigenvalue weighted by molar-refractivity contribution is -0.117. The molecule has 0 radical (unpaired) electrons. The van der Waals surface area contributed by atoms with Gasteiger partial charge >= 0.3 is 0 Å². The molecule has 4 rings (SSSR count). The predicted molar refractivity (Wildman–Crippen MR) is 123 cm³/mol. The van der Waals surface area contributed by atoms with Crippen LogP contribution < -0.4 is 11.5 Å². The molecule has 0 atom stereocenters. The van der Waals surface area contributed by atoms with Crippen molar-refractivity contribution in [1.82, 2.24) is 9.97 Å². The van der Waals surface area contributed by atoms with Crippen LogP contribution in [-0.2, 0) is 26.8 Å². The molecule has 10 heteroatoms. The molecule has 0 aliphatic heterocycles. The number of nitrogens with zero attached hydrogens (tertiary/aromatic N) is 2. The standard InChI is InChI=1S/C21H17ClN4O3S2/c22-16-9-14(23)19(21(25-16)31(28,29)11-12-5-2-1-3-6-12)13-7-4-8-15-20(13)26-18(30-15)10-17(24)27/h1-9H,10-11H2,(H2,23,25)(H2,24,27). The summed E-state index contributed by atoms with van der Waals surface area (Å²) in [6.45, 7) is 0. The van der Waals surface area contributed by atoms with Crippen LogP contribution in [0.25, 0.3) is 21.3 Å². The van der Waals surface area contributed by atoms with E-state index in [1.165, 1.54) is 17.4 Å². The van der Waals surface area contributed by atoms with Gasteiger partial charge in [-0.15, -0.1) is 11.3 Å². The molecule has 0 fully saturated rings. The first-order valence-electron chi connectivity index (χ1n) is 9.14. The van der Waals surface area contributed by atoms with Gasteiger partial charge in [-0.05, 0) is 17.7 Å². The Kier molecular flexibility index (Phi) is 5.65. The monoisotopic (exact) mass is 472 g/mol. The molecular formula is C21H17ClN4O3S2. The van der Waals surface area contributed by atoms with Crippen LogP contribution in [0.1, 0.15) is 10.6 Å². The Balaban J connectivity index is 1.92. The van der Waals surface area contributed by atoms with E-state index >= 15 is 0 Å². The maximum atomic E-state index is 13.3. The average Bonchev–Trinajstić information content (AvgIpc) is 3.10. The fourth-order valence-corrected chi connectivity index (χ4v) is 6.09. The molecule has 158 valence electrons. The van der Waals surface area contributed by atoms with Crippen molar-refractivity contribution in [3.63, 3.8) is 0 Å². The molecule has 0 aliphatic carbocycles. The number of halogens is 1. The van der Waals surface area contributed by atoms with E-state index in [1.54, 1.807) is 36.4 Å². The second kappa shape index (κ2) is 8.26. The third kappa shape index (κ3) is 4.39. The number of anilines is 1. The number of nitrogen functional groups attached to an aromatic ring is 1. The van der Waals surface area contributed by atoms with Crippen LogP contribution >= 0.6 is 22.9 Å². The van der Waals surface area contributed by atoms with Crippen LogP contribution in [0.3, 0.4) is 0 Å². The van der Waals surface area contributed by atoms with Crippen molar-refractivity contribution in [3.8, 4) is 11.1 Å². The summed E-state index contributed by atoms with van der Waals surface area (Å²) in [5.41, 5.74) is 13.6. The normalized spacial score (nSPS) is 11.6. The van der Waals surface area contributed by atoms with Gasteiger partial charge in [0.15, 0.2) is 5.03 Å². The molecular weight excluding hydrogens is 456 g/mol. The first kappa shape index (κ1) is 21.2. The van der Waals surface area contributed by atoms with Crippen LogP contribution in [0.5, 0.6) is 0 Å². The zero-order valence-corrected chi connectivity index (χ0v) is 18.5. The molecule has 1 amide bonds. The van der Waals surface area contributed by atoms with Gasteiger partial charge in [-0.2, -0.15) is 0 Å². The SMILES string of the molecule is NC(=O)Cc1nc2c(-c3c(N)cc(Cl)nc3S(=O)(=O)Cc3ccccc3)cccc2s1. The molecule has 0 saturated heterocycles. The number of carbonyl (C=O) groups excluding carboxylic acids is 1. The molecule has 31 heavy (non-hydrogen) atoms. The summed E-state index contributed by atoms with van der Waals surface area (Å²) in [5, 5.41) is 0.301. The molecule has 0 spiro atoms. The van der Waals surface area contributed by atoms with Crippen LogP contribution in [0, 0.1) is 0 Å². The molecule has 2 heterocycles. The van der Waals surface area contributed by atoms with Crippen molar-refractivity contribution in [2.75, 3.05) is 5.73 Å². The number of primary amides is 1. The van der Waals surface area contributed by atoms with Gasteiger partial charge in [0.2, 0.25) is 15.7 Å². The molecule has 0 unspecified atom stereocenters. The summed E-state index contributed by atoms with van der Waals surface area (Å²) >= 11 is 7.39. The number of hydrogen-bond acceptors (Lipinski definition) is 7. The van der Waals surface area contributed by atoms with E-state index in [0.29, 0.717) is 21.7 Å². The molecule has 2 aromatic heterocycles. The molecule has 2 aromatic carbocycles. The van der Waals surface area contributed by atoms with Gasteiger partial charge in [-0.1, -0.05) is 54.1 Å². The fraction of sp³-hybridized carbons (Fsp3) is 0.0952. The smallest absolute Gasteiger partial charge is 0.224 e. The second-order valence-corrected chi connectivity index (χ2v) is 10.3. The summed E-state index contributed by atoms with van der Waals surface area (Å²) in [4.78, 5) is 20.0. The van der Waals surface area contributed by atoms with Crippen molar-refractivity contribution in [2.24, 2.45) is 5.73 Å². The van der Waals surface area contributed by atoms with E-state index in [1.807, 2.05) is 12.1 Å². The lowest BCUT2D eigenvalue weighted by Crippen LogP contribution is -2.13. The van der Waals surface area contributed by atoms with E-state index in [9.17, 15) is 13.2 Å². The highest BCUT2D eigenvalue weighted by atomic mass is 35.5. The first-order chi connectivity index (χ1) is 14.7. The Morgan fingerprint density at radius 3 is 2.52 bits per heavy atom. The third-order valence-electron chi connectivity index (χ3n) is 4.54. The van der Waals surface area contributed by atoms with Gasteiger partial charge in [0.05, 0.1) is 22.4 Å². The maximum absolute atomic E-state index is 13.3. The lowest BCUT2D eigenvalue weighted by Gasteiger charge is -2.14. The summed E-state index contributed by atoms with van der Waals surface area (Å²) in [7, 11) is -3.89. The van der Waals surface area contributed by atoms with Gasteiger partial charge in [-0.3, -0.25) is 4.79 Å². The van der Waals surface area contributed by atoms with Gasteiger partial charge in [0.25, 0.3) is 0 Å². The third-order valence-corrected chi connectivity index (χ3v) is 7.35. The highest BCUT2D eigenvalue weighted by Gasteiger charge is 2.26. The van der Waals surface area contributed by atoms with Crippen molar-refractivity contribution >= 4 is 54.6 Å². The number of para-hydroxylation sites is 1. The summed E-state index contributed by atoms with van der Waals surface area (Å²) in [5.74, 6) is -0.757. The Hall–Kier alpha value is -3.01. The van der Waals surface area contributed by atoms with Gasteiger partial charge in [-0.25, -0.2) is 18.4 Å². The number of amides is 1. The minimum Gasteiger partial charge on any atom is -0.398 e. The van der Waals surface area contributed by atoms with Crippen LogP contribution in [0.2, 0.25) is 5.15 Å². The quantitative estimate of drug-likeness (QED) is 0.412. The van der Waals surface area contributed by atoms with Crippen molar-refractivity contribution in [1.29, 1.82) is 0 Å². The minimum absolute atomic E-state index is 0.00764. The predicted octanol–water partition coefficient (Wildman–Crippen LogP) is 3.60. The minimum atomic E-state index is -3.89. The number of pyridine rings is 1. The highest BCUT2D eigenvalue weighted by molar-refractivity contribution is 7.90. The fourth-order valence-electron chi connectivity index (χ4n) is 3.29. The zero-order chi connectivity index (χ0) is 22.2. The molecule has 0 aliphatic rings. The van der Waals surface area contributed by atoms with E-state index in [0.717, 1.165) is 4.70 Å². The number of sulfone groups is 1. The number of carbonyl (C=O) groups is 1. The van der Waals surface area contributed by atoms with Gasteiger partial charge in [0, 0.05) is 16.8 Å². The summed E-state index contributed by atoms with van der Waals surface area (Å²) in [6.07, 6.45) is -0.00764. The summed E-state index contributed by atoms with van der Waals surface area (Å²) in [6, 6.07) is 15.5. The van der Waals surface area contributed by atoms with Gasteiger partial charge in [0.1, 0.15) is 10.2 Å². The van der Waals surface area contributed by atoms with Gasteiger partial charge < -0.3 is 11.5 Å². The topological polar surface area (TPSA) is 129 Å². The van der Waals surface area contributed by atoms with Crippen LogP contribution in [0.4, 0.5) is 5.69 Å². The van der Waals surface area contributed by atoms with E-state index < -0.39 is 15.7 Å². The molecule has 4 aromatic rings. The number of aromatic nitrogens is 2. The number of rotatable bonds is 6. The Labute approximate surface area is 187 Å². The Bertz CT molecular complexity index is 1400. The maximum Gasteiger partial charge on any atom is 0.224 e. The Morgan fingerprint density at radius 1 is 1.06 bits per heavy atom. The number of nitrogens with two attached hydrogens (primary N) is 2. The van der Waals surface area contributed by atoms with E-state index in [4.69, 9.17) is 23.1 Å². The first-order valence-corrected chi connectivity index (χ1v) is 12.0. The van der Waals surface area contributed by atoms with E-state index in [2.05, 4.69) is 9.97 Å². The number of fused-ring (bicyclic) bond motifs is 1. The van der Waals surface area contributed by atoms with Crippen LogP contribution in [-0.4, -0.2) is 24.3 Å². The lowest BCUT2D eigenvalue weighted by atomic mass is 10.0. The zero-order valence-electron chi connectivity index (χ0n) is 16.1. The van der Waals surface area contributed by atoms with E-state index in [-0.39, 0.29) is 33.6 Å². The number of thiazole rings is 1. The Morgan fingerprint density at radius 2 is 1.81 bits per heavy atom.